The van der Waals surface area contributed by atoms with Crippen molar-refractivity contribution in [3.05, 3.63) is 35.4 Å². The topological polar surface area (TPSA) is 20.2 Å². The molecule has 14 heavy (non-hydrogen) atoms. The lowest BCUT2D eigenvalue weighted by molar-refractivity contribution is 0.159. The molecule has 1 heteroatoms. The summed E-state index contributed by atoms with van der Waals surface area (Å²) in [5, 5.41) is 9.74. The van der Waals surface area contributed by atoms with E-state index < -0.39 is 0 Å². The fourth-order valence-electron chi connectivity index (χ4n) is 3.16. The Kier molecular flexibility index (Phi) is 1.58. The molecule has 1 nitrogen and oxygen atoms in total. The van der Waals surface area contributed by atoms with Crippen LogP contribution in [0.25, 0.3) is 0 Å². The molecule has 1 aromatic carbocycles. The van der Waals surface area contributed by atoms with Crippen LogP contribution in [-0.2, 0) is 5.41 Å². The molecular weight excluding hydrogens is 172 g/mol. The van der Waals surface area contributed by atoms with E-state index in [1.54, 1.807) is 0 Å². The predicted molar refractivity (Wildman–Crippen MR) is 56.2 cm³/mol. The molecule has 1 aromatic rings. The van der Waals surface area contributed by atoms with E-state index in [1.165, 1.54) is 24.0 Å². The molecule has 0 aliphatic heterocycles. The molecule has 0 saturated heterocycles. The van der Waals surface area contributed by atoms with Crippen molar-refractivity contribution in [2.24, 2.45) is 5.92 Å². The number of rotatable bonds is 1. The molecule has 0 bridgehead atoms. The average Bonchev–Trinajstić information content (AvgIpc) is 2.83. The molecule has 0 spiro atoms. The summed E-state index contributed by atoms with van der Waals surface area (Å²) in [6.07, 6.45) is 3.36. The molecular formula is C13H16O. The van der Waals surface area contributed by atoms with Gasteiger partial charge in [-0.15, -0.1) is 0 Å². The van der Waals surface area contributed by atoms with Crippen LogP contribution in [0.1, 0.15) is 30.4 Å². The van der Waals surface area contributed by atoms with Gasteiger partial charge in [0.2, 0.25) is 0 Å². The number of benzene rings is 1. The van der Waals surface area contributed by atoms with Gasteiger partial charge in [-0.25, -0.2) is 0 Å². The second-order valence-corrected chi connectivity index (χ2v) is 4.94. The lowest BCUT2D eigenvalue weighted by Gasteiger charge is -2.12. The minimum atomic E-state index is -0.0319. The van der Waals surface area contributed by atoms with Gasteiger partial charge in [0.15, 0.2) is 0 Å². The van der Waals surface area contributed by atoms with Gasteiger partial charge in [0.05, 0.1) is 6.10 Å². The third-order valence-electron chi connectivity index (χ3n) is 4.08. The van der Waals surface area contributed by atoms with Gasteiger partial charge in [-0.2, -0.15) is 0 Å². The first-order chi connectivity index (χ1) is 6.72. The summed E-state index contributed by atoms with van der Waals surface area (Å²) in [6, 6.07) is 8.80. The zero-order valence-corrected chi connectivity index (χ0v) is 8.53. The number of hydrogen-bond donors (Lipinski definition) is 1. The monoisotopic (exact) mass is 188 g/mol. The van der Waals surface area contributed by atoms with Gasteiger partial charge in [-0.05, 0) is 37.7 Å². The van der Waals surface area contributed by atoms with E-state index in [-0.39, 0.29) is 6.10 Å². The van der Waals surface area contributed by atoms with E-state index in [4.69, 9.17) is 0 Å². The normalized spacial score (nSPS) is 39.6. The second-order valence-electron chi connectivity index (χ2n) is 4.94. The van der Waals surface area contributed by atoms with Gasteiger partial charge in [-0.1, -0.05) is 29.8 Å². The quantitative estimate of drug-likeness (QED) is 0.717. The Morgan fingerprint density at radius 1 is 1.43 bits per heavy atom. The summed E-state index contributed by atoms with van der Waals surface area (Å²) in [5.74, 6) is 0.560. The van der Waals surface area contributed by atoms with Crippen molar-refractivity contribution < 1.29 is 5.11 Å². The highest BCUT2D eigenvalue weighted by atomic mass is 16.3. The molecule has 2 fully saturated rings. The molecule has 74 valence electrons. The Bertz CT molecular complexity index is 371. The highest BCUT2D eigenvalue weighted by Crippen LogP contribution is 2.64. The van der Waals surface area contributed by atoms with E-state index in [0.717, 1.165) is 6.42 Å². The maximum atomic E-state index is 9.74. The van der Waals surface area contributed by atoms with Crippen molar-refractivity contribution in [1.29, 1.82) is 0 Å². The number of aliphatic hydroxyl groups excluding tert-OH is 1. The van der Waals surface area contributed by atoms with Gasteiger partial charge >= 0.3 is 0 Å². The van der Waals surface area contributed by atoms with Crippen LogP contribution in [0.5, 0.6) is 0 Å². The van der Waals surface area contributed by atoms with Crippen LogP contribution in [0.2, 0.25) is 0 Å². The van der Waals surface area contributed by atoms with E-state index in [2.05, 4.69) is 31.2 Å². The van der Waals surface area contributed by atoms with Crippen LogP contribution >= 0.6 is 0 Å². The zero-order valence-electron chi connectivity index (χ0n) is 8.53. The van der Waals surface area contributed by atoms with Crippen molar-refractivity contribution in [1.82, 2.24) is 0 Å². The highest BCUT2D eigenvalue weighted by Gasteiger charge is 2.61. The lowest BCUT2D eigenvalue weighted by Crippen LogP contribution is -2.06. The van der Waals surface area contributed by atoms with Crippen LogP contribution < -0.4 is 0 Å². The minimum Gasteiger partial charge on any atom is -0.393 e. The average molecular weight is 188 g/mol. The molecule has 2 saturated carbocycles. The Balaban J connectivity index is 1.98. The first-order valence-corrected chi connectivity index (χ1v) is 5.48. The molecule has 0 amide bonds. The van der Waals surface area contributed by atoms with E-state index in [1.807, 2.05) is 0 Å². The summed E-state index contributed by atoms with van der Waals surface area (Å²) in [5.41, 5.74) is 3.16. The first kappa shape index (κ1) is 8.49. The van der Waals surface area contributed by atoms with Crippen molar-refractivity contribution >= 4 is 0 Å². The van der Waals surface area contributed by atoms with E-state index in [9.17, 15) is 5.11 Å². The van der Waals surface area contributed by atoms with Crippen molar-refractivity contribution in [3.8, 4) is 0 Å². The predicted octanol–water partition coefficient (Wildman–Crippen LogP) is 2.41. The lowest BCUT2D eigenvalue weighted by atomic mass is 9.92. The van der Waals surface area contributed by atoms with Crippen LogP contribution in [0, 0.1) is 12.8 Å². The molecule has 1 N–H and O–H groups in total. The third-order valence-corrected chi connectivity index (χ3v) is 4.08. The number of hydrogen-bond acceptors (Lipinski definition) is 1. The maximum Gasteiger partial charge on any atom is 0.0577 e. The Morgan fingerprint density at radius 3 is 2.86 bits per heavy atom. The standard InChI is InChI=1S/C13H16O/c1-9-3-2-4-10(7-9)13-6-5-12(14)11(13)8-13/h2-4,7,11-12,14H,5-6,8H2,1H3/t11-,12-,13-/m1/s1. The summed E-state index contributed by atoms with van der Waals surface area (Å²) >= 11 is 0. The fourth-order valence-corrected chi connectivity index (χ4v) is 3.16. The Hall–Kier alpha value is -0.820. The number of aryl methyl sites for hydroxylation is 1. The molecule has 3 rings (SSSR count). The second kappa shape index (κ2) is 2.60. The van der Waals surface area contributed by atoms with Gasteiger partial charge in [0.1, 0.15) is 0 Å². The van der Waals surface area contributed by atoms with E-state index >= 15 is 0 Å². The number of aliphatic hydroxyl groups is 1. The molecule has 0 heterocycles. The first-order valence-electron chi connectivity index (χ1n) is 5.48. The summed E-state index contributed by atoms with van der Waals surface area (Å²) < 4.78 is 0. The smallest absolute Gasteiger partial charge is 0.0577 e. The van der Waals surface area contributed by atoms with Crippen molar-refractivity contribution in [3.63, 3.8) is 0 Å². The Labute approximate surface area is 84.8 Å². The SMILES string of the molecule is Cc1cccc([C@]23CC[C@@H](O)[C@H]2C3)c1. The van der Waals surface area contributed by atoms with Crippen LogP contribution in [-0.4, -0.2) is 11.2 Å². The number of fused-ring (bicyclic) bond motifs is 1. The van der Waals surface area contributed by atoms with Crippen molar-refractivity contribution in [2.75, 3.05) is 0 Å². The van der Waals surface area contributed by atoms with E-state index in [0.29, 0.717) is 11.3 Å². The minimum absolute atomic E-state index is 0.0319. The molecule has 0 aromatic heterocycles. The summed E-state index contributed by atoms with van der Waals surface area (Å²) in [4.78, 5) is 0. The van der Waals surface area contributed by atoms with Gasteiger partial charge in [0, 0.05) is 5.41 Å². The van der Waals surface area contributed by atoms with Crippen LogP contribution in [0.4, 0.5) is 0 Å². The van der Waals surface area contributed by atoms with Crippen LogP contribution in [0.3, 0.4) is 0 Å². The molecule has 0 radical (unpaired) electrons. The largest absolute Gasteiger partial charge is 0.393 e. The Morgan fingerprint density at radius 2 is 2.29 bits per heavy atom. The molecule has 0 unspecified atom stereocenters. The summed E-state index contributed by atoms with van der Waals surface area (Å²) in [7, 11) is 0. The highest BCUT2D eigenvalue weighted by molar-refractivity contribution is 5.38. The third kappa shape index (κ3) is 0.992. The van der Waals surface area contributed by atoms with Gasteiger partial charge < -0.3 is 5.11 Å². The zero-order chi connectivity index (χ0) is 9.76. The summed E-state index contributed by atoms with van der Waals surface area (Å²) in [6.45, 7) is 2.14. The molecule has 3 atom stereocenters. The molecule has 2 aliphatic rings. The molecule has 2 aliphatic carbocycles. The van der Waals surface area contributed by atoms with Gasteiger partial charge in [0.25, 0.3) is 0 Å². The maximum absolute atomic E-state index is 9.74. The van der Waals surface area contributed by atoms with Crippen molar-refractivity contribution in [2.45, 2.75) is 37.7 Å². The van der Waals surface area contributed by atoms with Gasteiger partial charge in [-0.3, -0.25) is 0 Å². The fraction of sp³-hybridized carbons (Fsp3) is 0.538. The van der Waals surface area contributed by atoms with Crippen LogP contribution in [0.15, 0.2) is 24.3 Å².